The largest absolute Gasteiger partial charge is 0.308 e. The first kappa shape index (κ1) is 13.5. The molecule has 0 atom stereocenters. The van der Waals surface area contributed by atoms with Crippen LogP contribution in [0.3, 0.4) is 0 Å². The van der Waals surface area contributed by atoms with Gasteiger partial charge in [-0.05, 0) is 31.9 Å². The van der Waals surface area contributed by atoms with E-state index in [4.69, 9.17) is 5.84 Å². The highest BCUT2D eigenvalue weighted by atomic mass is 15.3. The van der Waals surface area contributed by atoms with Crippen LogP contribution >= 0.6 is 0 Å². The van der Waals surface area contributed by atoms with Gasteiger partial charge >= 0.3 is 0 Å². The van der Waals surface area contributed by atoms with Gasteiger partial charge in [0.1, 0.15) is 5.82 Å². The van der Waals surface area contributed by atoms with Gasteiger partial charge in [-0.3, -0.25) is 0 Å². The molecule has 0 spiro atoms. The third-order valence-electron chi connectivity index (χ3n) is 2.97. The van der Waals surface area contributed by atoms with Gasteiger partial charge in [-0.2, -0.15) is 0 Å². The average Bonchev–Trinajstić information content (AvgIpc) is 2.37. The minimum Gasteiger partial charge on any atom is -0.308 e. The molecule has 1 aromatic heterocycles. The van der Waals surface area contributed by atoms with Crippen molar-refractivity contribution in [3.63, 3.8) is 0 Å². The molecule has 100 valence electrons. The van der Waals surface area contributed by atoms with E-state index in [1.807, 2.05) is 6.07 Å². The van der Waals surface area contributed by atoms with Crippen molar-refractivity contribution in [2.24, 2.45) is 5.84 Å². The summed E-state index contributed by atoms with van der Waals surface area (Å²) < 4.78 is 0. The van der Waals surface area contributed by atoms with Crippen LogP contribution in [0, 0.1) is 13.8 Å². The fraction of sp³-hybridized carbons (Fsp3) is 0.333. The summed E-state index contributed by atoms with van der Waals surface area (Å²) in [5.74, 6) is 7.18. The first-order chi connectivity index (χ1) is 8.99. The molecule has 1 aromatic carbocycles. The minimum absolute atomic E-state index is 0.333. The van der Waals surface area contributed by atoms with Gasteiger partial charge in [-0.25, -0.2) is 15.8 Å². The minimum atomic E-state index is 0.333. The van der Waals surface area contributed by atoms with Crippen molar-refractivity contribution >= 4 is 5.82 Å². The third kappa shape index (κ3) is 3.09. The lowest BCUT2D eigenvalue weighted by Crippen LogP contribution is -2.11. The maximum Gasteiger partial charge on any atom is 0.161 e. The molecule has 0 amide bonds. The number of aromatic nitrogens is 2. The number of hydrogen-bond donors (Lipinski definition) is 2. The van der Waals surface area contributed by atoms with Gasteiger partial charge in [0.05, 0.1) is 0 Å². The maximum absolute atomic E-state index is 5.49. The molecule has 0 bridgehead atoms. The molecule has 0 saturated carbocycles. The van der Waals surface area contributed by atoms with Gasteiger partial charge in [0.2, 0.25) is 0 Å². The molecule has 0 unspecified atom stereocenters. The van der Waals surface area contributed by atoms with Gasteiger partial charge in [0.25, 0.3) is 0 Å². The van der Waals surface area contributed by atoms with Gasteiger partial charge in [-0.1, -0.05) is 31.0 Å². The molecule has 2 aromatic rings. The summed E-state index contributed by atoms with van der Waals surface area (Å²) in [7, 11) is 0. The predicted octanol–water partition coefficient (Wildman–Crippen LogP) is 3.17. The highest BCUT2D eigenvalue weighted by Crippen LogP contribution is 2.23. The van der Waals surface area contributed by atoms with Gasteiger partial charge < -0.3 is 5.43 Å². The molecule has 2 rings (SSSR count). The molecule has 4 nitrogen and oxygen atoms in total. The van der Waals surface area contributed by atoms with Crippen LogP contribution in [0.5, 0.6) is 0 Å². The Morgan fingerprint density at radius 3 is 2.16 bits per heavy atom. The molecule has 0 saturated heterocycles. The summed E-state index contributed by atoms with van der Waals surface area (Å²) in [5, 5.41) is 0. The fourth-order valence-corrected chi connectivity index (χ4v) is 2.07. The van der Waals surface area contributed by atoms with Crippen molar-refractivity contribution in [3.05, 3.63) is 41.1 Å². The monoisotopic (exact) mass is 256 g/mol. The van der Waals surface area contributed by atoms with Crippen LogP contribution in [-0.2, 0) is 0 Å². The summed E-state index contributed by atoms with van der Waals surface area (Å²) >= 11 is 0. The lowest BCUT2D eigenvalue weighted by atomic mass is 10.1. The summed E-state index contributed by atoms with van der Waals surface area (Å²) in [6.45, 7) is 8.36. The molecular weight excluding hydrogens is 236 g/mol. The Bertz CT molecular complexity index is 570. The average molecular weight is 256 g/mol. The van der Waals surface area contributed by atoms with Gasteiger partial charge in [0.15, 0.2) is 5.82 Å². The second-order valence-corrected chi connectivity index (χ2v) is 5.18. The quantitative estimate of drug-likeness (QED) is 0.654. The number of anilines is 1. The molecule has 0 radical (unpaired) electrons. The Labute approximate surface area is 114 Å². The van der Waals surface area contributed by atoms with Gasteiger partial charge in [0, 0.05) is 17.3 Å². The van der Waals surface area contributed by atoms with E-state index in [9.17, 15) is 0 Å². The maximum atomic E-state index is 5.49. The molecule has 0 aliphatic carbocycles. The van der Waals surface area contributed by atoms with E-state index in [1.54, 1.807) is 0 Å². The molecule has 3 N–H and O–H groups in total. The van der Waals surface area contributed by atoms with Crippen molar-refractivity contribution in [2.45, 2.75) is 33.6 Å². The zero-order chi connectivity index (χ0) is 14.0. The van der Waals surface area contributed by atoms with Crippen molar-refractivity contribution in [3.8, 4) is 11.4 Å². The van der Waals surface area contributed by atoms with Crippen LogP contribution in [0.15, 0.2) is 24.3 Å². The molecule has 4 heteroatoms. The van der Waals surface area contributed by atoms with E-state index in [2.05, 4.69) is 61.3 Å². The van der Waals surface area contributed by atoms with E-state index in [0.717, 1.165) is 11.3 Å². The zero-order valence-corrected chi connectivity index (χ0v) is 11.9. The zero-order valence-electron chi connectivity index (χ0n) is 11.9. The molecule has 0 aliphatic rings. The van der Waals surface area contributed by atoms with Crippen molar-refractivity contribution in [2.75, 3.05) is 5.43 Å². The second-order valence-electron chi connectivity index (χ2n) is 5.18. The summed E-state index contributed by atoms with van der Waals surface area (Å²) in [6, 6.07) is 8.20. The Morgan fingerprint density at radius 1 is 1.00 bits per heavy atom. The van der Waals surface area contributed by atoms with Crippen LogP contribution in [0.4, 0.5) is 5.82 Å². The molecule has 1 heterocycles. The SMILES string of the molecule is Cc1cc(C)cc(-c2nc(NN)cc(C(C)C)n2)c1. The molecule has 19 heavy (non-hydrogen) atoms. The smallest absolute Gasteiger partial charge is 0.161 e. The van der Waals surface area contributed by atoms with Crippen molar-refractivity contribution in [1.82, 2.24) is 9.97 Å². The fourth-order valence-electron chi connectivity index (χ4n) is 2.07. The van der Waals surface area contributed by atoms with Crippen LogP contribution in [-0.4, -0.2) is 9.97 Å². The summed E-state index contributed by atoms with van der Waals surface area (Å²) in [4.78, 5) is 9.07. The lowest BCUT2D eigenvalue weighted by molar-refractivity contribution is 0.817. The van der Waals surface area contributed by atoms with E-state index in [0.29, 0.717) is 17.6 Å². The number of hydrogen-bond acceptors (Lipinski definition) is 4. The van der Waals surface area contributed by atoms with Crippen molar-refractivity contribution < 1.29 is 0 Å². The number of aryl methyl sites for hydroxylation is 2. The predicted molar refractivity (Wildman–Crippen MR) is 78.8 cm³/mol. The molecule has 0 aliphatic heterocycles. The Balaban J connectivity index is 2.57. The number of hydrazine groups is 1. The normalized spacial score (nSPS) is 10.8. The number of nitrogen functional groups attached to an aromatic ring is 1. The standard InChI is InChI=1S/C15H20N4/c1-9(2)13-8-14(19-16)18-15(17-13)12-6-10(3)5-11(4)7-12/h5-9H,16H2,1-4H3,(H,17,18,19). The topological polar surface area (TPSA) is 63.8 Å². The van der Waals surface area contributed by atoms with Crippen LogP contribution in [0.25, 0.3) is 11.4 Å². The van der Waals surface area contributed by atoms with Crippen LogP contribution < -0.4 is 11.3 Å². The molecule has 0 fully saturated rings. The summed E-state index contributed by atoms with van der Waals surface area (Å²) in [6.07, 6.45) is 0. The van der Waals surface area contributed by atoms with Crippen LogP contribution in [0.2, 0.25) is 0 Å². The highest BCUT2D eigenvalue weighted by Gasteiger charge is 2.09. The third-order valence-corrected chi connectivity index (χ3v) is 2.97. The van der Waals surface area contributed by atoms with E-state index < -0.39 is 0 Å². The van der Waals surface area contributed by atoms with Gasteiger partial charge in [-0.15, -0.1) is 0 Å². The van der Waals surface area contributed by atoms with E-state index in [1.165, 1.54) is 11.1 Å². The summed E-state index contributed by atoms with van der Waals surface area (Å²) in [5.41, 5.74) is 7.03. The Morgan fingerprint density at radius 2 is 1.63 bits per heavy atom. The number of nitrogens with one attached hydrogen (secondary N) is 1. The number of rotatable bonds is 3. The van der Waals surface area contributed by atoms with Crippen molar-refractivity contribution in [1.29, 1.82) is 0 Å². The second kappa shape index (κ2) is 5.36. The first-order valence-corrected chi connectivity index (χ1v) is 6.44. The Hall–Kier alpha value is -1.94. The highest BCUT2D eigenvalue weighted by molar-refractivity contribution is 5.60. The van der Waals surface area contributed by atoms with E-state index in [-0.39, 0.29) is 0 Å². The Kier molecular flexibility index (Phi) is 3.81. The molecular formula is C15H20N4. The van der Waals surface area contributed by atoms with E-state index >= 15 is 0 Å². The first-order valence-electron chi connectivity index (χ1n) is 6.44. The van der Waals surface area contributed by atoms with Crippen LogP contribution in [0.1, 0.15) is 36.6 Å². The number of nitrogens with two attached hydrogens (primary N) is 1. The number of nitrogens with zero attached hydrogens (tertiary/aromatic N) is 2. The lowest BCUT2D eigenvalue weighted by Gasteiger charge is -2.11. The number of benzene rings is 1.